The number of hydrogen-bond donors (Lipinski definition) is 1. The molecule has 2 aliphatic rings. The lowest BCUT2D eigenvalue weighted by Gasteiger charge is -2.46. The van der Waals surface area contributed by atoms with Gasteiger partial charge in [0.2, 0.25) is 5.78 Å². The topological polar surface area (TPSA) is 69.6 Å². The molecule has 26 heavy (non-hydrogen) atoms. The zero-order valence-electron chi connectivity index (χ0n) is 13.4. The summed E-state index contributed by atoms with van der Waals surface area (Å²) in [6.45, 7) is 0.537. The second-order valence-electron chi connectivity index (χ2n) is 5.96. The van der Waals surface area contributed by atoms with Crippen LogP contribution in [0.1, 0.15) is 16.5 Å². The molecule has 9 heteroatoms. The highest BCUT2D eigenvalue weighted by atomic mass is 35.5. The second kappa shape index (κ2) is 7.09. The lowest BCUT2D eigenvalue weighted by molar-refractivity contribution is -0.209. The monoisotopic (exact) mass is 408 g/mol. The van der Waals surface area contributed by atoms with Crippen LogP contribution in [0.15, 0.2) is 48.5 Å². The van der Waals surface area contributed by atoms with Crippen LogP contribution in [0.5, 0.6) is 0 Å². The first-order valence-corrected chi connectivity index (χ1v) is 9.48. The Morgan fingerprint density at radius 2 is 2.19 bits per heavy atom. The van der Waals surface area contributed by atoms with Crippen LogP contribution in [-0.2, 0) is 11.2 Å². The fourth-order valence-corrected chi connectivity index (χ4v) is 4.45. The predicted molar refractivity (Wildman–Crippen MR) is 99.2 cm³/mol. The Morgan fingerprint density at radius 3 is 2.92 bits per heavy atom. The van der Waals surface area contributed by atoms with Gasteiger partial charge in [-0.1, -0.05) is 35.4 Å². The van der Waals surface area contributed by atoms with Crippen LogP contribution in [0.4, 0.5) is 0 Å². The van der Waals surface area contributed by atoms with Crippen LogP contribution in [0.2, 0.25) is 9.62 Å². The van der Waals surface area contributed by atoms with Gasteiger partial charge in [0.05, 0.1) is 5.70 Å². The third-order valence-corrected chi connectivity index (χ3v) is 5.75. The molecule has 4 rings (SSSR count). The van der Waals surface area contributed by atoms with Crippen molar-refractivity contribution in [2.24, 2.45) is 0 Å². The van der Waals surface area contributed by atoms with Gasteiger partial charge < -0.3 is 10.1 Å². The number of pyridine rings is 1. The Kier molecular flexibility index (Phi) is 4.81. The van der Waals surface area contributed by atoms with Gasteiger partial charge in [-0.2, -0.15) is 5.06 Å². The first kappa shape index (κ1) is 17.6. The molecule has 4 heterocycles. The highest BCUT2D eigenvalue weighted by molar-refractivity contribution is 7.15. The first-order valence-electron chi connectivity index (χ1n) is 7.91. The number of allylic oxidation sites excluding steroid dienone is 2. The van der Waals surface area contributed by atoms with Crippen LogP contribution in [0, 0.1) is 0 Å². The van der Waals surface area contributed by atoms with Crippen molar-refractivity contribution in [3.63, 3.8) is 0 Å². The number of thiazole rings is 1. The maximum atomic E-state index is 13.0. The number of aromatic nitrogens is 2. The van der Waals surface area contributed by atoms with Gasteiger partial charge in [-0.25, -0.2) is 9.97 Å². The maximum absolute atomic E-state index is 13.0. The average Bonchev–Trinajstić information content (AvgIpc) is 3.04. The number of hydrogen-bond acceptors (Lipinski definition) is 7. The van der Waals surface area contributed by atoms with Gasteiger partial charge in [-0.05, 0) is 23.8 Å². The molecule has 2 unspecified atom stereocenters. The van der Waals surface area contributed by atoms with E-state index in [4.69, 9.17) is 23.2 Å². The molecule has 0 aromatic carbocycles. The summed E-state index contributed by atoms with van der Waals surface area (Å²) < 4.78 is 0.447. The minimum absolute atomic E-state index is 0.183. The van der Waals surface area contributed by atoms with Crippen LogP contribution >= 0.6 is 34.5 Å². The number of nitrogens with zero attached hydrogens (tertiary/aromatic N) is 4. The van der Waals surface area contributed by atoms with E-state index in [1.54, 1.807) is 24.4 Å². The van der Waals surface area contributed by atoms with Crippen molar-refractivity contribution in [1.82, 2.24) is 19.9 Å². The summed E-state index contributed by atoms with van der Waals surface area (Å²) in [5, 5.41) is 12.3. The molecular weight excluding hydrogens is 395 g/mol. The molecule has 2 aromatic heterocycles. The van der Waals surface area contributed by atoms with Crippen molar-refractivity contribution >= 4 is 40.3 Å². The first-order chi connectivity index (χ1) is 12.5. The van der Waals surface area contributed by atoms with E-state index in [1.807, 2.05) is 17.1 Å². The van der Waals surface area contributed by atoms with Gasteiger partial charge in [0.15, 0.2) is 4.47 Å². The molecule has 0 saturated carbocycles. The molecule has 1 N–H and O–H groups in total. The number of carbonyl (C=O) groups is 1. The quantitative estimate of drug-likeness (QED) is 0.783. The van der Waals surface area contributed by atoms with E-state index >= 15 is 0 Å². The van der Waals surface area contributed by atoms with Crippen LogP contribution < -0.4 is 0 Å². The summed E-state index contributed by atoms with van der Waals surface area (Å²) in [4.78, 5) is 23.9. The van der Waals surface area contributed by atoms with Crippen molar-refractivity contribution in [3.05, 3.63) is 68.5 Å². The fourth-order valence-electron chi connectivity index (χ4n) is 3.26. The van der Waals surface area contributed by atoms with Crippen LogP contribution in [0.25, 0.3) is 0 Å². The van der Waals surface area contributed by atoms with Gasteiger partial charge in [-0.15, -0.1) is 11.3 Å². The van der Waals surface area contributed by atoms with E-state index < -0.39 is 12.2 Å². The minimum atomic E-state index is -0.849. The van der Waals surface area contributed by atoms with E-state index in [2.05, 4.69) is 9.97 Å². The maximum Gasteiger partial charge on any atom is 0.202 e. The number of halogens is 2. The average molecular weight is 409 g/mol. The number of hydroxylamine groups is 2. The van der Waals surface area contributed by atoms with Crippen molar-refractivity contribution in [3.8, 4) is 0 Å². The normalized spacial score (nSPS) is 23.1. The molecule has 0 bridgehead atoms. The smallest absolute Gasteiger partial charge is 0.202 e. The zero-order valence-corrected chi connectivity index (χ0v) is 15.7. The van der Waals surface area contributed by atoms with E-state index in [1.165, 1.54) is 17.5 Å². The van der Waals surface area contributed by atoms with Gasteiger partial charge in [-0.3, -0.25) is 4.79 Å². The molecule has 1 saturated heterocycles. The molecule has 0 aliphatic carbocycles. The third kappa shape index (κ3) is 3.17. The van der Waals surface area contributed by atoms with E-state index in [-0.39, 0.29) is 10.9 Å². The lowest BCUT2D eigenvalue weighted by atomic mass is 9.94. The van der Waals surface area contributed by atoms with Gasteiger partial charge in [0.1, 0.15) is 17.4 Å². The molecule has 134 valence electrons. The third-order valence-electron chi connectivity index (χ3n) is 4.41. The molecule has 0 radical (unpaired) electrons. The Labute approximate surface area is 163 Å². The SMILES string of the molecule is O=C1C2=CC=CCN2C(Cc2cnc(Cl)s2)N(O)C1c1ccnc(Cl)c1. The summed E-state index contributed by atoms with van der Waals surface area (Å²) >= 11 is 13.3. The zero-order chi connectivity index (χ0) is 18.3. The molecule has 2 atom stereocenters. The number of ketones is 1. The van der Waals surface area contributed by atoms with Crippen LogP contribution in [0.3, 0.4) is 0 Å². The molecule has 6 nitrogen and oxygen atoms in total. The summed E-state index contributed by atoms with van der Waals surface area (Å²) in [5.74, 6) is -0.183. The van der Waals surface area contributed by atoms with Crippen LogP contribution in [-0.4, -0.2) is 43.6 Å². The van der Waals surface area contributed by atoms with E-state index in [0.29, 0.717) is 28.7 Å². The van der Waals surface area contributed by atoms with Gasteiger partial charge in [0, 0.05) is 30.2 Å². The number of Topliss-reactive ketones (excluding diaryl/α,β-unsaturated/α-hetero) is 1. The highest BCUT2D eigenvalue weighted by Gasteiger charge is 2.44. The Morgan fingerprint density at radius 1 is 1.35 bits per heavy atom. The molecule has 1 fully saturated rings. The minimum Gasteiger partial charge on any atom is -0.347 e. The van der Waals surface area contributed by atoms with Crippen molar-refractivity contribution < 1.29 is 10.0 Å². The Bertz CT molecular complexity index is 914. The standard InChI is InChI=1S/C17H14Cl2N4O2S/c18-13-7-10(4-5-20-13)15-16(24)12-3-1-2-6-22(12)14(23(15)25)8-11-9-21-17(19)26-11/h1-5,7,9,14-15,25H,6,8H2. The largest absolute Gasteiger partial charge is 0.347 e. The van der Waals surface area contributed by atoms with E-state index in [9.17, 15) is 10.0 Å². The Hall–Kier alpha value is -1.77. The molecule has 0 amide bonds. The summed E-state index contributed by atoms with van der Waals surface area (Å²) in [6, 6.07) is 2.44. The fraction of sp³-hybridized carbons (Fsp3) is 0.235. The number of rotatable bonds is 3. The summed E-state index contributed by atoms with van der Waals surface area (Å²) in [7, 11) is 0. The predicted octanol–water partition coefficient (Wildman–Crippen LogP) is 3.48. The Balaban J connectivity index is 1.74. The molecule has 2 aliphatic heterocycles. The van der Waals surface area contributed by atoms with Crippen molar-refractivity contribution in [1.29, 1.82) is 0 Å². The van der Waals surface area contributed by atoms with Gasteiger partial charge in [0.25, 0.3) is 0 Å². The molecule has 0 spiro atoms. The van der Waals surface area contributed by atoms with Crippen molar-refractivity contribution in [2.45, 2.75) is 18.6 Å². The van der Waals surface area contributed by atoms with Gasteiger partial charge >= 0.3 is 0 Å². The van der Waals surface area contributed by atoms with Crippen molar-refractivity contribution in [2.75, 3.05) is 6.54 Å². The number of carbonyl (C=O) groups excluding carboxylic acids is 1. The molecular formula is C17H14Cl2N4O2S. The molecule has 2 aromatic rings. The summed E-state index contributed by atoms with van der Waals surface area (Å²) in [5.41, 5.74) is 1.16. The summed E-state index contributed by atoms with van der Waals surface area (Å²) in [6.07, 6.45) is 8.85. The van der Waals surface area contributed by atoms with E-state index in [0.717, 1.165) is 9.94 Å². The second-order valence-corrected chi connectivity index (χ2v) is 8.04. The lowest BCUT2D eigenvalue weighted by Crippen LogP contribution is -2.57. The number of fused-ring (bicyclic) bond motifs is 1. The highest BCUT2D eigenvalue weighted by Crippen LogP contribution is 2.37.